The highest BCUT2D eigenvalue weighted by atomic mass is 127. The Morgan fingerprint density at radius 3 is 1.27 bits per heavy atom. The minimum Gasteiger partial charge on any atom is -0.0613 e. The van der Waals surface area contributed by atoms with Gasteiger partial charge in [0.15, 0.2) is 0 Å². The Morgan fingerprint density at radius 2 is 0.909 bits per heavy atom. The third-order valence-electron chi connectivity index (χ3n) is 5.33. The van der Waals surface area contributed by atoms with Crippen molar-refractivity contribution in [3.8, 4) is 0 Å². The molecule has 0 aromatic heterocycles. The molecule has 2 rings (SSSR count). The molecular weight excluding hydrogens is 379 g/mol. The van der Waals surface area contributed by atoms with Crippen LogP contribution < -0.4 is 0 Å². The van der Waals surface area contributed by atoms with Gasteiger partial charge < -0.3 is 0 Å². The fourth-order valence-electron chi connectivity index (χ4n) is 4.17. The molecule has 2 aromatic rings. The van der Waals surface area contributed by atoms with Crippen LogP contribution in [-0.2, 0) is 25.7 Å². The van der Waals surface area contributed by atoms with Gasteiger partial charge in [0.05, 0.1) is 0 Å². The van der Waals surface area contributed by atoms with Crippen LogP contribution in [0.4, 0.5) is 0 Å². The highest BCUT2D eigenvalue weighted by Gasteiger charge is 2.20. The van der Waals surface area contributed by atoms with Crippen LogP contribution >= 0.6 is 22.6 Å². The van der Waals surface area contributed by atoms with E-state index in [1.54, 1.807) is 33.0 Å². The normalized spacial score (nSPS) is 11.5. The summed E-state index contributed by atoms with van der Waals surface area (Å²) in [6, 6.07) is 0. The van der Waals surface area contributed by atoms with Gasteiger partial charge in [-0.2, -0.15) is 0 Å². The second-order valence-electron chi connectivity index (χ2n) is 6.27. The maximum absolute atomic E-state index is 2.54. The van der Waals surface area contributed by atoms with Crippen molar-refractivity contribution in [2.45, 2.75) is 74.1 Å². The molecule has 0 spiro atoms. The summed E-state index contributed by atoms with van der Waals surface area (Å²) in [7, 11) is 0. The molecule has 0 aliphatic carbocycles. The number of fused-ring (bicyclic) bond motifs is 1. The molecule has 0 unspecified atom stereocenters. The van der Waals surface area contributed by atoms with Gasteiger partial charge in [0.1, 0.15) is 0 Å². The third kappa shape index (κ3) is 2.50. The van der Waals surface area contributed by atoms with Gasteiger partial charge in [0.25, 0.3) is 0 Å². The van der Waals surface area contributed by atoms with Gasteiger partial charge in [-0.3, -0.25) is 0 Å². The zero-order valence-electron chi connectivity index (χ0n) is 15.2. The van der Waals surface area contributed by atoms with E-state index in [1.807, 2.05) is 0 Å². The lowest BCUT2D eigenvalue weighted by molar-refractivity contribution is 0.957. The molecule has 22 heavy (non-hydrogen) atoms. The highest BCUT2D eigenvalue weighted by molar-refractivity contribution is 14.1. The van der Waals surface area contributed by atoms with Crippen molar-refractivity contribution in [1.29, 1.82) is 0 Å². The van der Waals surface area contributed by atoms with Crippen LogP contribution in [0.2, 0.25) is 0 Å². The lowest BCUT2D eigenvalue weighted by Crippen LogP contribution is -2.08. The van der Waals surface area contributed by atoms with E-state index < -0.39 is 0 Å². The average Bonchev–Trinajstić information content (AvgIpc) is 2.54. The molecule has 0 heterocycles. The zero-order chi connectivity index (χ0) is 16.6. The molecule has 0 fully saturated rings. The van der Waals surface area contributed by atoms with Crippen LogP contribution in [0, 0.1) is 24.3 Å². The maximum Gasteiger partial charge on any atom is 0.0197 e. The Morgan fingerprint density at radius 1 is 0.545 bits per heavy atom. The van der Waals surface area contributed by atoms with Gasteiger partial charge in [-0.05, 0) is 119 Å². The third-order valence-corrected chi connectivity index (χ3v) is 6.95. The van der Waals surface area contributed by atoms with Gasteiger partial charge in [0, 0.05) is 3.57 Å². The quantitative estimate of drug-likeness (QED) is 0.499. The monoisotopic (exact) mass is 408 g/mol. The molecule has 0 saturated heterocycles. The first-order chi connectivity index (χ1) is 10.4. The minimum atomic E-state index is 1.14. The smallest absolute Gasteiger partial charge is 0.0197 e. The first kappa shape index (κ1) is 17.8. The van der Waals surface area contributed by atoms with Crippen molar-refractivity contribution in [1.82, 2.24) is 0 Å². The van der Waals surface area contributed by atoms with Crippen molar-refractivity contribution in [2.75, 3.05) is 0 Å². The van der Waals surface area contributed by atoms with E-state index in [9.17, 15) is 0 Å². The Labute approximate surface area is 149 Å². The van der Waals surface area contributed by atoms with E-state index in [0.717, 1.165) is 25.7 Å². The first-order valence-corrected chi connectivity index (χ1v) is 9.76. The van der Waals surface area contributed by atoms with E-state index in [2.05, 4.69) is 71.1 Å². The van der Waals surface area contributed by atoms with E-state index in [4.69, 9.17) is 0 Å². The molecule has 0 aliphatic heterocycles. The van der Waals surface area contributed by atoms with E-state index in [-0.39, 0.29) is 0 Å². The summed E-state index contributed by atoms with van der Waals surface area (Å²) in [5.74, 6) is 0. The molecule has 2 aromatic carbocycles. The molecule has 0 atom stereocenters. The lowest BCUT2D eigenvalue weighted by atomic mass is 9.81. The molecule has 0 aliphatic rings. The Kier molecular flexibility index (Phi) is 5.58. The van der Waals surface area contributed by atoms with E-state index in [0.29, 0.717) is 0 Å². The summed E-state index contributed by atoms with van der Waals surface area (Å²) < 4.78 is 1.45. The van der Waals surface area contributed by atoms with Crippen molar-refractivity contribution < 1.29 is 0 Å². The lowest BCUT2D eigenvalue weighted by Gasteiger charge is -2.25. The first-order valence-electron chi connectivity index (χ1n) is 8.68. The Bertz CT molecular complexity index is 661. The fraction of sp³-hybridized carbons (Fsp3) is 0.524. The maximum atomic E-state index is 2.54. The van der Waals surface area contributed by atoms with Crippen LogP contribution in [0.3, 0.4) is 0 Å². The van der Waals surface area contributed by atoms with Gasteiger partial charge in [-0.15, -0.1) is 0 Å². The second kappa shape index (κ2) is 6.90. The molecule has 0 radical (unpaired) electrons. The minimum absolute atomic E-state index is 1.14. The van der Waals surface area contributed by atoms with Gasteiger partial charge in [0.2, 0.25) is 0 Å². The van der Waals surface area contributed by atoms with E-state index in [1.165, 1.54) is 20.3 Å². The summed E-state index contributed by atoms with van der Waals surface area (Å²) in [5, 5.41) is 3.12. The number of hydrogen-bond donors (Lipinski definition) is 0. The molecule has 0 amide bonds. The number of aryl methyl sites for hydroxylation is 4. The van der Waals surface area contributed by atoms with Crippen LogP contribution in [0.5, 0.6) is 0 Å². The fourth-order valence-corrected chi connectivity index (χ4v) is 4.85. The highest BCUT2D eigenvalue weighted by Crippen LogP contribution is 2.39. The largest absolute Gasteiger partial charge is 0.0613 e. The van der Waals surface area contributed by atoms with Crippen LogP contribution in [0.1, 0.15) is 66.6 Å². The predicted octanol–water partition coefficient (Wildman–Crippen LogP) is 6.62. The van der Waals surface area contributed by atoms with Crippen LogP contribution in [-0.4, -0.2) is 0 Å². The predicted molar refractivity (Wildman–Crippen MR) is 108 cm³/mol. The average molecular weight is 408 g/mol. The van der Waals surface area contributed by atoms with Crippen LogP contribution in [0.25, 0.3) is 10.8 Å². The van der Waals surface area contributed by atoms with Gasteiger partial charge in [-0.25, -0.2) is 0 Å². The topological polar surface area (TPSA) is 0 Å². The molecule has 0 nitrogen and oxygen atoms in total. The molecule has 0 saturated carbocycles. The Hall–Kier alpha value is -0.570. The summed E-state index contributed by atoms with van der Waals surface area (Å²) in [5.41, 5.74) is 10.9. The summed E-state index contributed by atoms with van der Waals surface area (Å²) in [4.78, 5) is 0. The zero-order valence-corrected chi connectivity index (χ0v) is 17.4. The van der Waals surface area contributed by atoms with Crippen molar-refractivity contribution in [3.63, 3.8) is 0 Å². The van der Waals surface area contributed by atoms with Crippen molar-refractivity contribution in [2.24, 2.45) is 0 Å². The molecule has 0 N–H and O–H groups in total. The molecule has 1 heteroatoms. The summed E-state index contributed by atoms with van der Waals surface area (Å²) in [6.45, 7) is 16.2. The molecule has 120 valence electrons. The van der Waals surface area contributed by atoms with Crippen molar-refractivity contribution in [3.05, 3.63) is 42.5 Å². The number of rotatable bonds is 4. The number of hydrogen-bond acceptors (Lipinski definition) is 0. The summed E-state index contributed by atoms with van der Waals surface area (Å²) in [6.07, 6.45) is 4.57. The standard InChI is InChI=1S/C21H29I/c1-8-15-16(9-2)18(11-4)20-14(7)21(22)13(6)12(5)19(20)17(15)10-3/h8-11H2,1-7H3. The van der Waals surface area contributed by atoms with E-state index >= 15 is 0 Å². The van der Waals surface area contributed by atoms with Crippen molar-refractivity contribution >= 4 is 33.4 Å². The Balaban J connectivity index is 3.21. The van der Waals surface area contributed by atoms with Crippen LogP contribution in [0.15, 0.2) is 0 Å². The SMILES string of the molecule is CCc1c(CC)c(CC)c2c(C)c(I)c(C)c(C)c2c1CC. The van der Waals surface area contributed by atoms with Gasteiger partial charge in [-0.1, -0.05) is 27.7 Å². The molecule has 0 bridgehead atoms. The molecular formula is C21H29I. The number of benzene rings is 2. The number of halogens is 1. The van der Waals surface area contributed by atoms with Gasteiger partial charge >= 0.3 is 0 Å². The summed E-state index contributed by atoms with van der Waals surface area (Å²) >= 11 is 2.54. The second-order valence-corrected chi connectivity index (χ2v) is 7.35.